The van der Waals surface area contributed by atoms with Crippen molar-refractivity contribution in [2.24, 2.45) is 5.92 Å². The molecule has 0 spiro atoms. The number of nitrogens with zero attached hydrogens (tertiary/aromatic N) is 4. The third-order valence-corrected chi connectivity index (χ3v) is 9.35. The predicted molar refractivity (Wildman–Crippen MR) is 166 cm³/mol. The van der Waals surface area contributed by atoms with Crippen LogP contribution >= 0.6 is 11.6 Å². The van der Waals surface area contributed by atoms with Gasteiger partial charge >= 0.3 is 6.09 Å². The van der Waals surface area contributed by atoms with Gasteiger partial charge in [0.2, 0.25) is 0 Å². The van der Waals surface area contributed by atoms with E-state index in [4.69, 9.17) is 16.3 Å². The second-order valence-electron chi connectivity index (χ2n) is 10.5. The van der Waals surface area contributed by atoms with E-state index in [1.165, 1.54) is 3.97 Å². The van der Waals surface area contributed by atoms with Crippen molar-refractivity contribution in [2.75, 3.05) is 25.0 Å². The first-order chi connectivity index (χ1) is 20.9. The number of benzene rings is 2. The zero-order chi connectivity index (χ0) is 29.8. The summed E-state index contributed by atoms with van der Waals surface area (Å²) in [6.07, 6.45) is 4.67. The number of fused-ring (bicyclic) bond motifs is 1. The molecule has 1 aliphatic heterocycles. The van der Waals surface area contributed by atoms with Crippen molar-refractivity contribution >= 4 is 44.6 Å². The number of halogens is 1. The fraction of sp³-hybridized carbons (Fsp3) is 0.219. The molecule has 0 radical (unpaired) electrons. The lowest BCUT2D eigenvalue weighted by molar-refractivity contribution is 0.0804. The Balaban J connectivity index is 1.18. The van der Waals surface area contributed by atoms with Crippen molar-refractivity contribution in [1.82, 2.24) is 18.8 Å². The number of anilines is 1. The number of amides is 1. The van der Waals surface area contributed by atoms with Crippen molar-refractivity contribution in [3.8, 4) is 11.1 Å². The Hall–Kier alpha value is -4.41. The maximum atomic E-state index is 13.5. The van der Waals surface area contributed by atoms with E-state index >= 15 is 0 Å². The summed E-state index contributed by atoms with van der Waals surface area (Å²) in [5.74, 6) is 0.756. The molecule has 1 unspecified atom stereocenters. The number of carbonyl (C=O) groups excluding carboxylic acids is 1. The van der Waals surface area contributed by atoms with E-state index in [1.54, 1.807) is 59.8 Å². The first-order valence-electron chi connectivity index (χ1n) is 14.0. The third kappa shape index (κ3) is 6.35. The first kappa shape index (κ1) is 28.7. The standard InChI is InChI=1S/C32H30ClN5O4S/c33-29-17-25(28-21-38(31-27(28)14-7-15-34-31)43(40,41)26-12-5-2-6-13-26)18-30(36-29)35-19-24-11-8-16-37(20-24)32(39)42-22-23-9-3-1-4-10-23/h1-7,9-10,12-15,17-18,21,24H,8,11,16,19-20,22H2,(H,35,36). The Morgan fingerprint density at radius 1 is 1.02 bits per heavy atom. The minimum atomic E-state index is -3.88. The van der Waals surface area contributed by atoms with E-state index in [1.807, 2.05) is 42.5 Å². The molecule has 0 saturated carbocycles. The van der Waals surface area contributed by atoms with E-state index in [-0.39, 0.29) is 28.7 Å². The maximum Gasteiger partial charge on any atom is 0.410 e. The van der Waals surface area contributed by atoms with Gasteiger partial charge < -0.3 is 15.0 Å². The molecule has 3 aromatic heterocycles. The summed E-state index contributed by atoms with van der Waals surface area (Å²) in [7, 11) is -3.88. The van der Waals surface area contributed by atoms with Crippen LogP contribution in [0.15, 0.2) is 102 Å². The lowest BCUT2D eigenvalue weighted by Crippen LogP contribution is -2.42. The van der Waals surface area contributed by atoms with Gasteiger partial charge in [0, 0.05) is 43.0 Å². The second kappa shape index (κ2) is 12.4. The summed E-state index contributed by atoms with van der Waals surface area (Å²) in [6, 6.07) is 25.1. The molecule has 9 nitrogen and oxygen atoms in total. The molecule has 1 aliphatic rings. The van der Waals surface area contributed by atoms with E-state index < -0.39 is 10.0 Å². The monoisotopic (exact) mass is 615 g/mol. The maximum absolute atomic E-state index is 13.5. The largest absolute Gasteiger partial charge is 0.445 e. The Labute approximate surface area is 255 Å². The molecule has 1 saturated heterocycles. The molecular formula is C32H30ClN5O4S. The summed E-state index contributed by atoms with van der Waals surface area (Å²) in [5, 5.41) is 4.32. The molecule has 0 aliphatic carbocycles. The molecule has 5 aromatic rings. The minimum Gasteiger partial charge on any atom is -0.445 e. The second-order valence-corrected chi connectivity index (χ2v) is 12.7. The average molecular weight is 616 g/mol. The Kier molecular flexibility index (Phi) is 8.31. The van der Waals surface area contributed by atoms with Crippen molar-refractivity contribution in [3.63, 3.8) is 0 Å². The lowest BCUT2D eigenvalue weighted by Gasteiger charge is -2.32. The molecule has 1 atom stereocenters. The van der Waals surface area contributed by atoms with Gasteiger partial charge in [-0.25, -0.2) is 27.2 Å². The van der Waals surface area contributed by atoms with Crippen LogP contribution in [0.5, 0.6) is 0 Å². The minimum absolute atomic E-state index is 0.171. The van der Waals surface area contributed by atoms with Crippen molar-refractivity contribution in [1.29, 1.82) is 0 Å². The fourth-order valence-corrected chi connectivity index (χ4v) is 6.90. The number of carbonyl (C=O) groups is 1. The Morgan fingerprint density at radius 2 is 1.79 bits per heavy atom. The number of likely N-dealkylation sites (tertiary alicyclic amines) is 1. The normalized spacial score (nSPS) is 15.4. The van der Waals surface area contributed by atoms with Crippen LogP contribution in [0.3, 0.4) is 0 Å². The molecule has 0 bridgehead atoms. The fourth-order valence-electron chi connectivity index (χ4n) is 5.35. The number of rotatable bonds is 8. The van der Waals surface area contributed by atoms with E-state index in [2.05, 4.69) is 15.3 Å². The predicted octanol–water partition coefficient (Wildman–Crippen LogP) is 6.45. The highest BCUT2D eigenvalue weighted by Gasteiger charge is 2.26. The number of nitrogens with one attached hydrogen (secondary N) is 1. The molecule has 220 valence electrons. The van der Waals surface area contributed by atoms with Gasteiger partial charge in [0.1, 0.15) is 17.6 Å². The number of hydrogen-bond donors (Lipinski definition) is 1. The van der Waals surface area contributed by atoms with Crippen LogP contribution in [0.25, 0.3) is 22.2 Å². The number of hydrogen-bond acceptors (Lipinski definition) is 7. The Morgan fingerprint density at radius 3 is 2.58 bits per heavy atom. The van der Waals surface area contributed by atoms with Crippen LogP contribution in [-0.4, -0.2) is 53.0 Å². The topological polar surface area (TPSA) is 106 Å². The van der Waals surface area contributed by atoms with E-state index in [0.29, 0.717) is 47.6 Å². The van der Waals surface area contributed by atoms with Crippen molar-refractivity contribution in [2.45, 2.75) is 24.3 Å². The molecule has 4 heterocycles. The molecule has 1 amide bonds. The van der Waals surface area contributed by atoms with Gasteiger partial charge in [0.25, 0.3) is 10.0 Å². The number of ether oxygens (including phenoxy) is 1. The lowest BCUT2D eigenvalue weighted by atomic mass is 9.98. The Bertz CT molecular complexity index is 1850. The van der Waals surface area contributed by atoms with E-state index in [9.17, 15) is 13.2 Å². The first-order valence-corrected chi connectivity index (χ1v) is 15.8. The molecule has 11 heteroatoms. The van der Waals surface area contributed by atoms with E-state index in [0.717, 1.165) is 18.4 Å². The van der Waals surface area contributed by atoms with Gasteiger partial charge in [-0.3, -0.25) is 0 Å². The summed E-state index contributed by atoms with van der Waals surface area (Å²) >= 11 is 6.45. The van der Waals surface area contributed by atoms with Crippen molar-refractivity contribution in [3.05, 3.63) is 108 Å². The van der Waals surface area contributed by atoms with Gasteiger partial charge in [-0.1, -0.05) is 60.1 Å². The van der Waals surface area contributed by atoms with Gasteiger partial charge in [-0.15, -0.1) is 0 Å². The summed E-state index contributed by atoms with van der Waals surface area (Å²) in [4.78, 5) is 23.5. The summed E-state index contributed by atoms with van der Waals surface area (Å²) in [5.41, 5.74) is 2.65. The van der Waals surface area contributed by atoms with Gasteiger partial charge in [0.05, 0.1) is 4.90 Å². The average Bonchev–Trinajstić information content (AvgIpc) is 3.44. The molecule has 1 N–H and O–H groups in total. The molecule has 2 aromatic carbocycles. The zero-order valence-corrected chi connectivity index (χ0v) is 24.8. The number of aromatic nitrogens is 3. The molecule has 43 heavy (non-hydrogen) atoms. The highest BCUT2D eigenvalue weighted by atomic mass is 35.5. The number of pyridine rings is 2. The van der Waals surface area contributed by atoms with Crippen LogP contribution in [-0.2, 0) is 21.4 Å². The quantitative estimate of drug-likeness (QED) is 0.200. The van der Waals surface area contributed by atoms with Gasteiger partial charge in [-0.2, -0.15) is 0 Å². The van der Waals surface area contributed by atoms with Gasteiger partial charge in [0.15, 0.2) is 5.65 Å². The highest BCUT2D eigenvalue weighted by molar-refractivity contribution is 7.90. The van der Waals surface area contributed by atoms with Crippen LogP contribution in [0.1, 0.15) is 18.4 Å². The van der Waals surface area contributed by atoms with Crippen LogP contribution in [0.4, 0.5) is 10.6 Å². The number of piperidine rings is 1. The molecule has 6 rings (SSSR count). The highest BCUT2D eigenvalue weighted by Crippen LogP contribution is 2.34. The smallest absolute Gasteiger partial charge is 0.410 e. The van der Waals surface area contributed by atoms with Crippen LogP contribution < -0.4 is 5.32 Å². The summed E-state index contributed by atoms with van der Waals surface area (Å²) in [6.45, 7) is 2.06. The van der Waals surface area contributed by atoms with Crippen LogP contribution in [0.2, 0.25) is 5.15 Å². The zero-order valence-electron chi connectivity index (χ0n) is 23.3. The summed E-state index contributed by atoms with van der Waals surface area (Å²) < 4.78 is 33.8. The van der Waals surface area contributed by atoms with Crippen LogP contribution in [0, 0.1) is 5.92 Å². The molecular weight excluding hydrogens is 586 g/mol. The molecule has 1 fully saturated rings. The third-order valence-electron chi connectivity index (χ3n) is 7.49. The SMILES string of the molecule is O=C(OCc1ccccc1)N1CCCC(CNc2cc(-c3cn(S(=O)(=O)c4ccccc4)c4ncccc34)cc(Cl)n2)C1. The van der Waals surface area contributed by atoms with Crippen molar-refractivity contribution < 1.29 is 17.9 Å². The van der Waals surface area contributed by atoms with Gasteiger partial charge in [-0.05, 0) is 66.3 Å².